The average Bonchev–Trinajstić information content (AvgIpc) is 3.02. The Labute approximate surface area is 165 Å². The zero-order chi connectivity index (χ0) is 19.4. The zero-order valence-corrected chi connectivity index (χ0v) is 16.1. The van der Waals surface area contributed by atoms with Crippen LogP contribution >= 0.6 is 22.9 Å². The molecule has 3 rings (SSSR count). The quantitative estimate of drug-likeness (QED) is 0.786. The summed E-state index contributed by atoms with van der Waals surface area (Å²) in [5, 5.41) is 9.16. The van der Waals surface area contributed by atoms with Crippen LogP contribution in [0, 0.1) is 0 Å². The van der Waals surface area contributed by atoms with Crippen molar-refractivity contribution in [2.45, 2.75) is 0 Å². The van der Waals surface area contributed by atoms with Gasteiger partial charge in [-0.25, -0.2) is 4.79 Å². The molecule has 2 aromatic rings. The minimum absolute atomic E-state index is 0.0957. The molecule has 9 heteroatoms. The Morgan fingerprint density at radius 1 is 1.33 bits per heavy atom. The van der Waals surface area contributed by atoms with E-state index < -0.39 is 12.6 Å². The normalized spacial score (nSPS) is 14.1. The smallest absolute Gasteiger partial charge is 0.341 e. The van der Waals surface area contributed by atoms with E-state index in [1.54, 1.807) is 24.1 Å². The third-order valence-corrected chi connectivity index (χ3v) is 5.65. The number of nitrogens with zero attached hydrogens (tertiary/aromatic N) is 1. The van der Waals surface area contributed by atoms with Crippen molar-refractivity contribution in [3.8, 4) is 21.9 Å². The van der Waals surface area contributed by atoms with E-state index in [9.17, 15) is 9.59 Å². The molecule has 1 aliphatic rings. The van der Waals surface area contributed by atoms with Gasteiger partial charge in [0.1, 0.15) is 15.6 Å². The van der Waals surface area contributed by atoms with Gasteiger partial charge in [0, 0.05) is 13.1 Å². The Kier molecular flexibility index (Phi) is 6.20. The van der Waals surface area contributed by atoms with Gasteiger partial charge >= 0.3 is 5.97 Å². The maximum Gasteiger partial charge on any atom is 0.341 e. The van der Waals surface area contributed by atoms with Gasteiger partial charge in [-0.15, -0.1) is 11.3 Å². The number of morpholine rings is 1. The molecular weight excluding hydrogens is 394 g/mol. The second kappa shape index (κ2) is 8.60. The lowest BCUT2D eigenvalue weighted by Crippen LogP contribution is -2.40. The van der Waals surface area contributed by atoms with Crippen LogP contribution in [0.5, 0.6) is 11.5 Å². The number of carboxylic acids is 1. The fraction of sp³-hybridized carbons (Fsp3) is 0.333. The van der Waals surface area contributed by atoms with Crippen molar-refractivity contribution >= 4 is 34.8 Å². The number of carbonyl (C=O) groups is 2. The molecule has 0 radical (unpaired) electrons. The number of amides is 1. The fourth-order valence-corrected chi connectivity index (χ4v) is 4.19. The molecule has 1 aromatic carbocycles. The summed E-state index contributed by atoms with van der Waals surface area (Å²) in [5.74, 6) is -0.658. The predicted octanol–water partition coefficient (Wildman–Crippen LogP) is 3.01. The van der Waals surface area contributed by atoms with Crippen LogP contribution in [0.4, 0.5) is 0 Å². The standard InChI is InChI=1S/C18H18ClNO6S/c1-24-12-4-2-3-11(9-12)16-14(19)15(26-10-13(21)22)17(27-16)18(23)20-5-7-25-8-6-20/h2-4,9H,5-8,10H2,1H3,(H,21,22). The molecule has 1 saturated heterocycles. The molecule has 7 nitrogen and oxygen atoms in total. The number of methoxy groups -OCH3 is 1. The first-order valence-electron chi connectivity index (χ1n) is 8.19. The van der Waals surface area contributed by atoms with Crippen molar-refractivity contribution < 1.29 is 28.9 Å². The Hall–Kier alpha value is -2.29. The van der Waals surface area contributed by atoms with Crippen molar-refractivity contribution in [3.05, 3.63) is 34.2 Å². The molecule has 0 bridgehead atoms. The van der Waals surface area contributed by atoms with E-state index in [0.29, 0.717) is 36.9 Å². The Balaban J connectivity index is 2.01. The SMILES string of the molecule is COc1cccc(-c2sc(C(=O)N3CCOCC3)c(OCC(=O)O)c2Cl)c1. The van der Waals surface area contributed by atoms with E-state index in [0.717, 1.165) is 5.56 Å². The van der Waals surface area contributed by atoms with Crippen LogP contribution in [-0.2, 0) is 9.53 Å². The number of ether oxygens (including phenoxy) is 3. The highest BCUT2D eigenvalue weighted by Gasteiger charge is 2.29. The Bertz CT molecular complexity index is 846. The van der Waals surface area contributed by atoms with E-state index in [1.807, 2.05) is 12.1 Å². The molecule has 144 valence electrons. The molecule has 1 N–H and O–H groups in total. The summed E-state index contributed by atoms with van der Waals surface area (Å²) < 4.78 is 15.9. The van der Waals surface area contributed by atoms with E-state index in [4.69, 9.17) is 30.9 Å². The van der Waals surface area contributed by atoms with Gasteiger partial charge in [-0.05, 0) is 17.7 Å². The van der Waals surface area contributed by atoms with Crippen LogP contribution in [0.3, 0.4) is 0 Å². The Morgan fingerprint density at radius 2 is 2.07 bits per heavy atom. The minimum Gasteiger partial charge on any atom is -0.497 e. The molecule has 0 saturated carbocycles. The first kappa shape index (κ1) is 19.5. The number of halogens is 1. The van der Waals surface area contributed by atoms with Crippen LogP contribution < -0.4 is 9.47 Å². The number of carbonyl (C=O) groups excluding carboxylic acids is 1. The van der Waals surface area contributed by atoms with Crippen LogP contribution in [-0.4, -0.2) is 61.9 Å². The van der Waals surface area contributed by atoms with Crippen LogP contribution in [0.2, 0.25) is 5.02 Å². The maximum absolute atomic E-state index is 13.0. The summed E-state index contributed by atoms with van der Waals surface area (Å²) in [6.07, 6.45) is 0. The van der Waals surface area contributed by atoms with Crippen molar-refractivity contribution in [3.63, 3.8) is 0 Å². The number of thiophene rings is 1. The Morgan fingerprint density at radius 3 is 2.74 bits per heavy atom. The van der Waals surface area contributed by atoms with Crippen molar-refractivity contribution in [2.24, 2.45) is 0 Å². The summed E-state index contributed by atoms with van der Waals surface area (Å²) in [6, 6.07) is 7.24. The number of carboxylic acid groups (broad SMARTS) is 1. The van der Waals surface area contributed by atoms with Crippen molar-refractivity contribution in [1.82, 2.24) is 4.90 Å². The molecule has 1 amide bonds. The maximum atomic E-state index is 13.0. The van der Waals surface area contributed by atoms with E-state index in [2.05, 4.69) is 0 Å². The van der Waals surface area contributed by atoms with Crippen LogP contribution in [0.1, 0.15) is 9.67 Å². The lowest BCUT2D eigenvalue weighted by molar-refractivity contribution is -0.139. The number of hydrogen-bond acceptors (Lipinski definition) is 6. The van der Waals surface area contributed by atoms with Gasteiger partial charge < -0.3 is 24.2 Å². The molecule has 1 aromatic heterocycles. The third kappa shape index (κ3) is 4.35. The second-order valence-electron chi connectivity index (χ2n) is 5.72. The number of aliphatic carboxylic acids is 1. The molecular formula is C18H18ClNO6S. The summed E-state index contributed by atoms with van der Waals surface area (Å²) in [4.78, 5) is 26.4. The minimum atomic E-state index is -1.15. The van der Waals surface area contributed by atoms with Gasteiger partial charge in [-0.2, -0.15) is 0 Å². The van der Waals surface area contributed by atoms with Crippen molar-refractivity contribution in [2.75, 3.05) is 40.0 Å². The molecule has 0 atom stereocenters. The van der Waals surface area contributed by atoms with Gasteiger partial charge in [0.15, 0.2) is 12.4 Å². The zero-order valence-electron chi connectivity index (χ0n) is 14.6. The number of rotatable bonds is 6. The number of hydrogen-bond donors (Lipinski definition) is 1. The predicted molar refractivity (Wildman–Crippen MR) is 101 cm³/mol. The van der Waals surface area contributed by atoms with E-state index in [-0.39, 0.29) is 21.6 Å². The van der Waals surface area contributed by atoms with Crippen molar-refractivity contribution in [1.29, 1.82) is 0 Å². The van der Waals surface area contributed by atoms with E-state index >= 15 is 0 Å². The van der Waals surface area contributed by atoms with Gasteiger partial charge in [0.25, 0.3) is 5.91 Å². The highest BCUT2D eigenvalue weighted by Crippen LogP contribution is 2.46. The van der Waals surface area contributed by atoms with Gasteiger partial charge in [0.05, 0.1) is 25.2 Å². The summed E-state index contributed by atoms with van der Waals surface area (Å²) in [7, 11) is 1.56. The molecule has 1 aliphatic heterocycles. The highest BCUT2D eigenvalue weighted by molar-refractivity contribution is 7.18. The summed E-state index contributed by atoms with van der Waals surface area (Å²) in [6.45, 7) is 1.25. The first-order valence-corrected chi connectivity index (χ1v) is 9.39. The fourth-order valence-electron chi connectivity index (χ4n) is 2.66. The molecule has 0 spiro atoms. The molecule has 27 heavy (non-hydrogen) atoms. The van der Waals surface area contributed by atoms with Gasteiger partial charge in [-0.1, -0.05) is 23.7 Å². The highest BCUT2D eigenvalue weighted by atomic mass is 35.5. The lowest BCUT2D eigenvalue weighted by Gasteiger charge is -2.26. The monoisotopic (exact) mass is 411 g/mol. The van der Waals surface area contributed by atoms with Gasteiger partial charge in [0.2, 0.25) is 0 Å². The topological polar surface area (TPSA) is 85.3 Å². The van der Waals surface area contributed by atoms with Crippen LogP contribution in [0.15, 0.2) is 24.3 Å². The second-order valence-corrected chi connectivity index (χ2v) is 7.12. The third-order valence-electron chi connectivity index (χ3n) is 3.97. The first-order chi connectivity index (χ1) is 13.0. The number of benzene rings is 1. The average molecular weight is 412 g/mol. The van der Waals surface area contributed by atoms with E-state index in [1.165, 1.54) is 11.3 Å². The molecule has 2 heterocycles. The van der Waals surface area contributed by atoms with Gasteiger partial charge in [-0.3, -0.25) is 4.79 Å². The molecule has 0 aliphatic carbocycles. The summed E-state index contributed by atoms with van der Waals surface area (Å²) >= 11 is 7.66. The van der Waals surface area contributed by atoms with Crippen LogP contribution in [0.25, 0.3) is 10.4 Å². The molecule has 0 unspecified atom stereocenters. The molecule has 1 fully saturated rings. The lowest BCUT2D eigenvalue weighted by atomic mass is 10.1. The summed E-state index contributed by atoms with van der Waals surface area (Å²) in [5.41, 5.74) is 0.755. The largest absolute Gasteiger partial charge is 0.497 e.